The summed E-state index contributed by atoms with van der Waals surface area (Å²) >= 11 is 5.03. The van der Waals surface area contributed by atoms with Crippen LogP contribution in [0.4, 0.5) is 5.69 Å². The molecule has 0 aliphatic rings. The van der Waals surface area contributed by atoms with Gasteiger partial charge in [0.2, 0.25) is 0 Å². The van der Waals surface area contributed by atoms with Gasteiger partial charge < -0.3 is 10.5 Å². The second-order valence-electron chi connectivity index (χ2n) is 2.89. The van der Waals surface area contributed by atoms with Crippen molar-refractivity contribution in [1.29, 1.82) is 0 Å². The Bertz CT molecular complexity index is 336. The fourth-order valence-electron chi connectivity index (χ4n) is 1.07. The molecule has 0 saturated carbocycles. The average molecular weight is 207 g/mol. The first kappa shape index (κ1) is 10.7. The molecule has 0 aliphatic heterocycles. The standard InChI is InChI=1S/C11H13NOS/c1-2-6-13-11(14)8-9-4-3-5-10(12)7-9/h2-5,7H,1,6,8,12H2. The minimum atomic E-state index is 0.459. The summed E-state index contributed by atoms with van der Waals surface area (Å²) in [6.45, 7) is 4.01. The fraction of sp³-hybridized carbons (Fsp3) is 0.182. The predicted molar refractivity (Wildman–Crippen MR) is 63.3 cm³/mol. The number of thiocarbonyl (C=S) groups is 1. The molecular formula is C11H13NOS. The van der Waals surface area contributed by atoms with Gasteiger partial charge in [0.15, 0.2) is 5.05 Å². The molecule has 0 radical (unpaired) electrons. The van der Waals surface area contributed by atoms with Gasteiger partial charge in [-0.1, -0.05) is 24.8 Å². The van der Waals surface area contributed by atoms with Crippen molar-refractivity contribution < 1.29 is 4.74 Å². The van der Waals surface area contributed by atoms with E-state index >= 15 is 0 Å². The van der Waals surface area contributed by atoms with Crippen LogP contribution in [0.2, 0.25) is 0 Å². The first-order valence-electron chi connectivity index (χ1n) is 4.33. The molecule has 14 heavy (non-hydrogen) atoms. The van der Waals surface area contributed by atoms with Gasteiger partial charge in [-0.3, -0.25) is 0 Å². The third-order valence-corrected chi connectivity index (χ3v) is 1.92. The van der Waals surface area contributed by atoms with Crippen molar-refractivity contribution in [3.05, 3.63) is 42.5 Å². The number of hydrogen-bond donors (Lipinski definition) is 1. The number of anilines is 1. The molecule has 0 heterocycles. The molecule has 0 unspecified atom stereocenters. The van der Waals surface area contributed by atoms with Gasteiger partial charge >= 0.3 is 0 Å². The molecule has 74 valence electrons. The van der Waals surface area contributed by atoms with Crippen LogP contribution in [-0.2, 0) is 11.2 Å². The fourth-order valence-corrected chi connectivity index (χ4v) is 1.31. The maximum atomic E-state index is 5.63. The summed E-state index contributed by atoms with van der Waals surface area (Å²) in [6.07, 6.45) is 2.29. The molecule has 0 fully saturated rings. The summed E-state index contributed by atoms with van der Waals surface area (Å²) < 4.78 is 5.21. The molecule has 0 aromatic heterocycles. The monoisotopic (exact) mass is 207 g/mol. The van der Waals surface area contributed by atoms with E-state index in [-0.39, 0.29) is 0 Å². The zero-order valence-corrected chi connectivity index (χ0v) is 8.72. The molecule has 1 aromatic carbocycles. The SMILES string of the molecule is C=CCOC(=S)Cc1cccc(N)c1. The Kier molecular flexibility index (Phi) is 4.13. The van der Waals surface area contributed by atoms with Crippen LogP contribution in [0.1, 0.15) is 5.56 Å². The van der Waals surface area contributed by atoms with E-state index in [0.29, 0.717) is 18.1 Å². The molecular weight excluding hydrogens is 194 g/mol. The zero-order chi connectivity index (χ0) is 10.4. The summed E-state index contributed by atoms with van der Waals surface area (Å²) in [6, 6.07) is 7.61. The predicted octanol–water partition coefficient (Wildman–Crippen LogP) is 2.34. The van der Waals surface area contributed by atoms with Gasteiger partial charge in [0.1, 0.15) is 6.61 Å². The lowest BCUT2D eigenvalue weighted by Gasteiger charge is -2.05. The van der Waals surface area contributed by atoms with Crippen molar-refractivity contribution >= 4 is 23.0 Å². The van der Waals surface area contributed by atoms with E-state index in [1.807, 2.05) is 24.3 Å². The Morgan fingerprint density at radius 1 is 1.57 bits per heavy atom. The number of ether oxygens (including phenoxy) is 1. The summed E-state index contributed by atoms with van der Waals surface area (Å²) in [5.41, 5.74) is 7.45. The molecule has 0 atom stereocenters. The van der Waals surface area contributed by atoms with E-state index in [9.17, 15) is 0 Å². The van der Waals surface area contributed by atoms with Gasteiger partial charge in [-0.05, 0) is 29.9 Å². The highest BCUT2D eigenvalue weighted by Crippen LogP contribution is 2.08. The second-order valence-corrected chi connectivity index (χ2v) is 3.35. The van der Waals surface area contributed by atoms with Crippen LogP contribution in [0, 0.1) is 0 Å². The molecule has 2 nitrogen and oxygen atoms in total. The van der Waals surface area contributed by atoms with Crippen molar-refractivity contribution in [1.82, 2.24) is 0 Å². The van der Waals surface area contributed by atoms with Crippen molar-refractivity contribution in [2.75, 3.05) is 12.3 Å². The maximum absolute atomic E-state index is 5.63. The topological polar surface area (TPSA) is 35.2 Å². The average Bonchev–Trinajstić information content (AvgIpc) is 2.15. The molecule has 1 aromatic rings. The van der Waals surface area contributed by atoms with Crippen LogP contribution in [0.5, 0.6) is 0 Å². The van der Waals surface area contributed by atoms with E-state index in [4.69, 9.17) is 22.7 Å². The van der Waals surface area contributed by atoms with Crippen LogP contribution >= 0.6 is 12.2 Å². The highest BCUT2D eigenvalue weighted by atomic mass is 32.1. The van der Waals surface area contributed by atoms with Gasteiger partial charge in [-0.15, -0.1) is 0 Å². The molecule has 2 N–H and O–H groups in total. The van der Waals surface area contributed by atoms with Crippen LogP contribution in [0.25, 0.3) is 0 Å². The minimum absolute atomic E-state index is 0.459. The number of hydrogen-bond acceptors (Lipinski definition) is 3. The molecule has 0 saturated heterocycles. The second kappa shape index (κ2) is 5.40. The molecule has 0 aliphatic carbocycles. The van der Waals surface area contributed by atoms with Gasteiger partial charge in [0.05, 0.1) is 0 Å². The maximum Gasteiger partial charge on any atom is 0.164 e. The smallest absolute Gasteiger partial charge is 0.164 e. The Morgan fingerprint density at radius 2 is 2.36 bits per heavy atom. The highest BCUT2D eigenvalue weighted by Gasteiger charge is 1.99. The van der Waals surface area contributed by atoms with E-state index in [1.54, 1.807) is 6.08 Å². The highest BCUT2D eigenvalue weighted by molar-refractivity contribution is 7.80. The van der Waals surface area contributed by atoms with Crippen LogP contribution in [0.3, 0.4) is 0 Å². The van der Waals surface area contributed by atoms with Crippen molar-refractivity contribution in [2.45, 2.75) is 6.42 Å². The van der Waals surface area contributed by atoms with Gasteiger partial charge in [0, 0.05) is 12.1 Å². The van der Waals surface area contributed by atoms with E-state index < -0.39 is 0 Å². The number of rotatable bonds is 4. The van der Waals surface area contributed by atoms with Crippen LogP contribution < -0.4 is 5.73 Å². The lowest BCUT2D eigenvalue weighted by atomic mass is 10.1. The van der Waals surface area contributed by atoms with Crippen molar-refractivity contribution in [3.63, 3.8) is 0 Å². The van der Waals surface area contributed by atoms with Gasteiger partial charge in [0.25, 0.3) is 0 Å². The molecule has 0 spiro atoms. The van der Waals surface area contributed by atoms with Crippen molar-refractivity contribution in [3.8, 4) is 0 Å². The normalized spacial score (nSPS) is 9.43. The number of benzene rings is 1. The Labute approximate surface area is 89.4 Å². The molecule has 3 heteroatoms. The Hall–Kier alpha value is -1.35. The Morgan fingerprint density at radius 3 is 3.00 bits per heavy atom. The molecule has 1 rings (SSSR count). The van der Waals surface area contributed by atoms with E-state index in [1.165, 1.54) is 0 Å². The molecule has 0 bridgehead atoms. The largest absolute Gasteiger partial charge is 0.483 e. The molecule has 0 amide bonds. The van der Waals surface area contributed by atoms with Crippen LogP contribution in [0.15, 0.2) is 36.9 Å². The third kappa shape index (κ3) is 3.58. The summed E-state index contributed by atoms with van der Waals surface area (Å²) in [7, 11) is 0. The van der Waals surface area contributed by atoms with E-state index in [0.717, 1.165) is 11.3 Å². The van der Waals surface area contributed by atoms with Crippen molar-refractivity contribution in [2.24, 2.45) is 0 Å². The first-order chi connectivity index (χ1) is 6.72. The first-order valence-corrected chi connectivity index (χ1v) is 4.74. The van der Waals surface area contributed by atoms with Crippen LogP contribution in [-0.4, -0.2) is 11.7 Å². The van der Waals surface area contributed by atoms with Gasteiger partial charge in [-0.25, -0.2) is 0 Å². The number of nitrogens with two attached hydrogens (primary N) is 1. The quantitative estimate of drug-likeness (QED) is 0.467. The zero-order valence-electron chi connectivity index (χ0n) is 7.90. The Balaban J connectivity index is 2.51. The lowest BCUT2D eigenvalue weighted by molar-refractivity contribution is 0.353. The number of nitrogen functional groups attached to an aromatic ring is 1. The van der Waals surface area contributed by atoms with Gasteiger partial charge in [-0.2, -0.15) is 0 Å². The third-order valence-electron chi connectivity index (χ3n) is 1.66. The minimum Gasteiger partial charge on any atom is -0.483 e. The summed E-state index contributed by atoms with van der Waals surface area (Å²) in [5.74, 6) is 0. The summed E-state index contributed by atoms with van der Waals surface area (Å²) in [4.78, 5) is 0. The lowest BCUT2D eigenvalue weighted by Crippen LogP contribution is -2.05. The summed E-state index contributed by atoms with van der Waals surface area (Å²) in [5, 5.41) is 0.565. The van der Waals surface area contributed by atoms with E-state index in [2.05, 4.69) is 6.58 Å².